The molecule has 0 bridgehead atoms. The minimum absolute atomic E-state index is 0.459. The first-order valence-corrected chi connectivity index (χ1v) is 4.87. The van der Waals surface area contributed by atoms with Gasteiger partial charge in [0, 0.05) is 0 Å². The molecule has 1 nitrogen and oxygen atoms in total. The van der Waals surface area contributed by atoms with Crippen molar-refractivity contribution in [2.75, 3.05) is 0 Å². The Labute approximate surface area is 69.8 Å². The second-order valence-corrected chi connectivity index (χ2v) is 4.00. The molecule has 1 fully saturated rings. The van der Waals surface area contributed by atoms with E-state index in [1.165, 1.54) is 32.1 Å². The fourth-order valence-electron chi connectivity index (χ4n) is 2.00. The molecule has 1 aliphatic carbocycles. The van der Waals surface area contributed by atoms with Crippen molar-refractivity contribution in [3.63, 3.8) is 0 Å². The number of hydrogen-bond donors (Lipinski definition) is 0. The minimum Gasteiger partial charge on any atom is -0.230 e. The molecule has 1 saturated carbocycles. The first-order valence-electron chi connectivity index (χ1n) is 4.87. The van der Waals surface area contributed by atoms with Crippen molar-refractivity contribution in [2.45, 2.75) is 58.0 Å². The van der Waals surface area contributed by atoms with E-state index in [4.69, 9.17) is 0 Å². The smallest absolute Gasteiger partial charge is 0.103 e. The monoisotopic (exact) mass is 155 g/mol. The third-order valence-corrected chi connectivity index (χ3v) is 3.17. The van der Waals surface area contributed by atoms with Crippen LogP contribution in [0.2, 0.25) is 0 Å². The van der Waals surface area contributed by atoms with Crippen molar-refractivity contribution in [2.24, 2.45) is 5.92 Å². The Morgan fingerprint density at radius 3 is 2.27 bits per heavy atom. The van der Waals surface area contributed by atoms with E-state index in [1.54, 1.807) is 0 Å². The lowest BCUT2D eigenvalue weighted by Gasteiger charge is -2.32. The molecule has 11 heavy (non-hydrogen) atoms. The lowest BCUT2D eigenvalue weighted by molar-refractivity contribution is -0.0764. The summed E-state index contributed by atoms with van der Waals surface area (Å²) in [7, 11) is 0. The van der Waals surface area contributed by atoms with Crippen LogP contribution in [0.5, 0.6) is 0 Å². The van der Waals surface area contributed by atoms with Gasteiger partial charge in [0.05, 0.1) is 0 Å². The number of hydrogen-bond acceptors (Lipinski definition) is 0. The Morgan fingerprint density at radius 1 is 1.27 bits per heavy atom. The summed E-state index contributed by atoms with van der Waals surface area (Å²) in [6, 6.07) is 0. The Hall–Kier alpha value is -0.0400. The van der Waals surface area contributed by atoms with Crippen LogP contribution >= 0.6 is 0 Å². The van der Waals surface area contributed by atoms with Crippen molar-refractivity contribution in [3.05, 3.63) is 0 Å². The van der Waals surface area contributed by atoms with Gasteiger partial charge in [-0.1, -0.05) is 26.2 Å². The number of rotatable bonds is 2. The molecule has 0 aliphatic heterocycles. The quantitative estimate of drug-likeness (QED) is 0.583. The van der Waals surface area contributed by atoms with Crippen LogP contribution in [-0.2, 0) is 5.11 Å². The van der Waals surface area contributed by atoms with Gasteiger partial charge < -0.3 is 0 Å². The first-order chi connectivity index (χ1) is 5.17. The Kier molecular flexibility index (Phi) is 2.94. The van der Waals surface area contributed by atoms with Crippen LogP contribution in [0.4, 0.5) is 0 Å². The second-order valence-electron chi connectivity index (χ2n) is 4.00. The van der Waals surface area contributed by atoms with Crippen molar-refractivity contribution in [1.29, 1.82) is 0 Å². The van der Waals surface area contributed by atoms with Crippen LogP contribution in [0, 0.1) is 5.92 Å². The molecule has 0 amide bonds. The van der Waals surface area contributed by atoms with Gasteiger partial charge in [0.15, 0.2) is 0 Å². The molecule has 0 N–H and O–H groups in total. The summed E-state index contributed by atoms with van der Waals surface area (Å²) in [5.74, 6) is 0.459. The predicted octanol–water partition coefficient (Wildman–Crippen LogP) is 3.17. The van der Waals surface area contributed by atoms with Gasteiger partial charge in [-0.2, -0.15) is 0 Å². The highest BCUT2D eigenvalue weighted by Crippen LogP contribution is 2.34. The molecule has 1 heteroatoms. The van der Waals surface area contributed by atoms with E-state index in [1.807, 2.05) is 13.8 Å². The van der Waals surface area contributed by atoms with Gasteiger partial charge in [-0.15, -0.1) is 0 Å². The summed E-state index contributed by atoms with van der Waals surface area (Å²) < 4.78 is 0. The lowest BCUT2D eigenvalue weighted by Crippen LogP contribution is -2.33. The van der Waals surface area contributed by atoms with Gasteiger partial charge in [-0.05, 0) is 32.1 Å². The topological polar surface area (TPSA) is 19.9 Å². The molecule has 1 aliphatic rings. The van der Waals surface area contributed by atoms with E-state index in [0.717, 1.165) is 6.42 Å². The van der Waals surface area contributed by atoms with E-state index in [2.05, 4.69) is 0 Å². The fourth-order valence-corrected chi connectivity index (χ4v) is 2.00. The second kappa shape index (κ2) is 3.57. The Bertz CT molecular complexity index is 112. The van der Waals surface area contributed by atoms with E-state index >= 15 is 0 Å². The van der Waals surface area contributed by atoms with Gasteiger partial charge in [0.2, 0.25) is 0 Å². The molecule has 0 saturated heterocycles. The van der Waals surface area contributed by atoms with Gasteiger partial charge >= 0.3 is 0 Å². The normalized spacial score (nSPS) is 26.5. The highest BCUT2D eigenvalue weighted by Gasteiger charge is 2.32. The molecular weight excluding hydrogens is 136 g/mol. The van der Waals surface area contributed by atoms with E-state index in [9.17, 15) is 5.11 Å². The summed E-state index contributed by atoms with van der Waals surface area (Å²) in [5.41, 5.74) is -0.638. The zero-order valence-electron chi connectivity index (χ0n) is 7.73. The van der Waals surface area contributed by atoms with Crippen molar-refractivity contribution < 1.29 is 5.11 Å². The molecule has 1 unspecified atom stereocenters. The third-order valence-electron chi connectivity index (χ3n) is 3.17. The molecule has 1 rings (SSSR count). The molecule has 0 aromatic rings. The van der Waals surface area contributed by atoms with Gasteiger partial charge in [-0.3, -0.25) is 0 Å². The molecule has 0 spiro atoms. The maximum atomic E-state index is 11.8. The van der Waals surface area contributed by atoms with E-state index in [0.29, 0.717) is 5.92 Å². The minimum atomic E-state index is -0.638. The lowest BCUT2D eigenvalue weighted by atomic mass is 9.77. The van der Waals surface area contributed by atoms with Crippen LogP contribution < -0.4 is 0 Å². The summed E-state index contributed by atoms with van der Waals surface area (Å²) in [6.45, 7) is 3.89. The highest BCUT2D eigenvalue weighted by molar-refractivity contribution is 4.82. The molecule has 1 atom stereocenters. The summed E-state index contributed by atoms with van der Waals surface area (Å²) in [5, 5.41) is 11.8. The van der Waals surface area contributed by atoms with Crippen LogP contribution in [0.3, 0.4) is 0 Å². The molecule has 0 heterocycles. The first kappa shape index (κ1) is 9.05. The maximum absolute atomic E-state index is 11.8. The van der Waals surface area contributed by atoms with Gasteiger partial charge in [0.25, 0.3) is 0 Å². The van der Waals surface area contributed by atoms with Crippen LogP contribution in [0.1, 0.15) is 52.4 Å². The van der Waals surface area contributed by atoms with Gasteiger partial charge in [-0.25, -0.2) is 5.11 Å². The van der Waals surface area contributed by atoms with Crippen LogP contribution in [0.15, 0.2) is 0 Å². The largest absolute Gasteiger partial charge is 0.230 e. The van der Waals surface area contributed by atoms with Gasteiger partial charge in [0.1, 0.15) is 5.60 Å². The Morgan fingerprint density at radius 2 is 1.82 bits per heavy atom. The van der Waals surface area contributed by atoms with Crippen LogP contribution in [0.25, 0.3) is 0 Å². The molecular formula is C10H19O. The average molecular weight is 155 g/mol. The SMILES string of the molecule is CCC(C)([O])C1CCCCC1. The Balaban J connectivity index is 2.43. The average Bonchev–Trinajstić information content (AvgIpc) is 2.06. The highest BCUT2D eigenvalue weighted by atomic mass is 16.3. The summed E-state index contributed by atoms with van der Waals surface area (Å²) >= 11 is 0. The molecule has 0 aromatic carbocycles. The van der Waals surface area contributed by atoms with Crippen LogP contribution in [-0.4, -0.2) is 5.60 Å². The zero-order chi connectivity index (χ0) is 8.32. The molecule has 1 radical (unpaired) electrons. The molecule has 0 aromatic heterocycles. The van der Waals surface area contributed by atoms with Crippen molar-refractivity contribution in [1.82, 2.24) is 0 Å². The fraction of sp³-hybridized carbons (Fsp3) is 1.00. The summed E-state index contributed by atoms with van der Waals surface area (Å²) in [6.07, 6.45) is 7.04. The van der Waals surface area contributed by atoms with Crippen molar-refractivity contribution in [3.8, 4) is 0 Å². The maximum Gasteiger partial charge on any atom is 0.103 e. The van der Waals surface area contributed by atoms with Crippen molar-refractivity contribution >= 4 is 0 Å². The third kappa shape index (κ3) is 2.19. The van der Waals surface area contributed by atoms with E-state index < -0.39 is 5.60 Å². The zero-order valence-corrected chi connectivity index (χ0v) is 7.73. The summed E-state index contributed by atoms with van der Waals surface area (Å²) in [4.78, 5) is 0. The van der Waals surface area contributed by atoms with E-state index in [-0.39, 0.29) is 0 Å². The molecule has 65 valence electrons. The predicted molar refractivity (Wildman–Crippen MR) is 46.0 cm³/mol. The standard InChI is InChI=1S/C10H19O/c1-3-10(2,11)9-7-5-4-6-8-9/h9H,3-8H2,1-2H3.